The van der Waals surface area contributed by atoms with Crippen molar-refractivity contribution in [3.63, 3.8) is 0 Å². The van der Waals surface area contributed by atoms with Gasteiger partial charge in [-0.05, 0) is 25.1 Å². The zero-order valence-electron chi connectivity index (χ0n) is 12.2. The van der Waals surface area contributed by atoms with Gasteiger partial charge in [-0.3, -0.25) is 4.79 Å². The molecule has 2 aromatic rings. The number of halogens is 4. The van der Waals surface area contributed by atoms with Crippen LogP contribution in [0.5, 0.6) is 0 Å². The van der Waals surface area contributed by atoms with E-state index >= 15 is 0 Å². The Bertz CT molecular complexity index is 718. The topological polar surface area (TPSA) is 46.9 Å². The van der Waals surface area contributed by atoms with E-state index in [4.69, 9.17) is 11.6 Å². The number of hydrogen-bond acceptors (Lipinski definition) is 3. The van der Waals surface area contributed by atoms with E-state index in [1.165, 1.54) is 6.07 Å². The number of nitrogens with one attached hydrogen (secondary N) is 1. The molecule has 0 fully saturated rings. The van der Waals surface area contributed by atoms with Crippen LogP contribution in [-0.4, -0.2) is 20.7 Å². The van der Waals surface area contributed by atoms with Crippen LogP contribution in [0.15, 0.2) is 35.7 Å². The smallest absolute Gasteiger partial charge is 0.329 e. The standard InChI is InChI=1S/C14H13ClF3N3OS/c1-8(23-13-19-5-6-21(13)2)12(22)20-11-4-3-9(15)7-10(11)14(16,17)18/h3-8H,1-2H3,(H,20,22). The molecule has 0 aliphatic carbocycles. The van der Waals surface area contributed by atoms with Crippen LogP contribution < -0.4 is 5.32 Å². The van der Waals surface area contributed by atoms with Gasteiger partial charge in [0, 0.05) is 24.5 Å². The highest BCUT2D eigenvalue weighted by atomic mass is 35.5. The van der Waals surface area contributed by atoms with Gasteiger partial charge in [0.2, 0.25) is 5.91 Å². The van der Waals surface area contributed by atoms with Gasteiger partial charge in [-0.15, -0.1) is 0 Å². The number of alkyl halides is 3. The number of aryl methyl sites for hydroxylation is 1. The van der Waals surface area contributed by atoms with Gasteiger partial charge in [-0.25, -0.2) is 4.98 Å². The lowest BCUT2D eigenvalue weighted by Gasteiger charge is -2.16. The number of rotatable bonds is 4. The Hall–Kier alpha value is -1.67. The summed E-state index contributed by atoms with van der Waals surface area (Å²) < 4.78 is 40.7. The van der Waals surface area contributed by atoms with Crippen LogP contribution in [0.3, 0.4) is 0 Å². The Morgan fingerprint density at radius 3 is 2.70 bits per heavy atom. The van der Waals surface area contributed by atoms with Crippen molar-refractivity contribution in [2.45, 2.75) is 23.5 Å². The van der Waals surface area contributed by atoms with Gasteiger partial charge in [0.05, 0.1) is 16.5 Å². The van der Waals surface area contributed by atoms with E-state index in [2.05, 4.69) is 10.3 Å². The third kappa shape index (κ3) is 4.42. The van der Waals surface area contributed by atoms with Crippen molar-refractivity contribution in [3.8, 4) is 0 Å². The number of carbonyl (C=O) groups excluding carboxylic acids is 1. The Labute approximate surface area is 140 Å². The van der Waals surface area contributed by atoms with Gasteiger partial charge in [-0.1, -0.05) is 23.4 Å². The molecule has 1 atom stereocenters. The highest BCUT2D eigenvalue weighted by Crippen LogP contribution is 2.36. The number of thioether (sulfide) groups is 1. The molecule has 1 heterocycles. The molecule has 4 nitrogen and oxygen atoms in total. The number of benzene rings is 1. The summed E-state index contributed by atoms with van der Waals surface area (Å²) in [6, 6.07) is 3.22. The second-order valence-corrected chi connectivity index (χ2v) is 6.50. The van der Waals surface area contributed by atoms with E-state index in [0.717, 1.165) is 23.9 Å². The molecular weight excluding hydrogens is 351 g/mol. The SMILES string of the molecule is CC(Sc1nccn1C)C(=O)Nc1ccc(Cl)cc1C(F)(F)F. The highest BCUT2D eigenvalue weighted by Gasteiger charge is 2.34. The number of hydrogen-bond donors (Lipinski definition) is 1. The van der Waals surface area contributed by atoms with E-state index in [0.29, 0.717) is 5.16 Å². The van der Waals surface area contributed by atoms with Crippen LogP contribution in [0.2, 0.25) is 5.02 Å². The summed E-state index contributed by atoms with van der Waals surface area (Å²) in [5, 5.41) is 2.23. The number of amides is 1. The van der Waals surface area contributed by atoms with Crippen LogP contribution in [0, 0.1) is 0 Å². The van der Waals surface area contributed by atoms with Gasteiger partial charge >= 0.3 is 6.18 Å². The highest BCUT2D eigenvalue weighted by molar-refractivity contribution is 8.00. The molecule has 2 rings (SSSR count). The second-order valence-electron chi connectivity index (χ2n) is 4.76. The summed E-state index contributed by atoms with van der Waals surface area (Å²) in [6.07, 6.45) is -1.31. The predicted molar refractivity (Wildman–Crippen MR) is 83.6 cm³/mol. The van der Waals surface area contributed by atoms with Crippen molar-refractivity contribution in [3.05, 3.63) is 41.2 Å². The minimum absolute atomic E-state index is 0.0502. The van der Waals surface area contributed by atoms with E-state index in [1.807, 2.05) is 0 Å². The molecule has 1 aromatic heterocycles. The van der Waals surface area contributed by atoms with E-state index < -0.39 is 22.9 Å². The molecule has 0 saturated heterocycles. The predicted octanol–water partition coefficient (Wildman–Crippen LogP) is 4.21. The fourth-order valence-electron chi connectivity index (χ4n) is 1.77. The summed E-state index contributed by atoms with van der Waals surface area (Å²) >= 11 is 6.76. The van der Waals surface area contributed by atoms with Crippen molar-refractivity contribution >= 4 is 35.0 Å². The van der Waals surface area contributed by atoms with Crippen molar-refractivity contribution in [2.24, 2.45) is 7.05 Å². The lowest BCUT2D eigenvalue weighted by atomic mass is 10.1. The molecule has 23 heavy (non-hydrogen) atoms. The van der Waals surface area contributed by atoms with E-state index in [9.17, 15) is 18.0 Å². The molecule has 0 aliphatic rings. The van der Waals surface area contributed by atoms with Gasteiger partial charge in [-0.2, -0.15) is 13.2 Å². The maximum absolute atomic E-state index is 13.0. The molecule has 1 N–H and O–H groups in total. The van der Waals surface area contributed by atoms with Gasteiger partial charge in [0.15, 0.2) is 5.16 Å². The fourth-order valence-corrected chi connectivity index (χ4v) is 2.77. The zero-order valence-corrected chi connectivity index (χ0v) is 13.8. The van der Waals surface area contributed by atoms with Gasteiger partial charge in [0.25, 0.3) is 0 Å². The zero-order chi connectivity index (χ0) is 17.2. The fraction of sp³-hybridized carbons (Fsp3) is 0.286. The Balaban J connectivity index is 2.15. The monoisotopic (exact) mass is 363 g/mol. The lowest BCUT2D eigenvalue weighted by molar-refractivity contribution is -0.137. The largest absolute Gasteiger partial charge is 0.418 e. The van der Waals surface area contributed by atoms with Gasteiger partial charge < -0.3 is 9.88 Å². The number of nitrogens with zero attached hydrogens (tertiary/aromatic N) is 2. The first-order valence-electron chi connectivity index (χ1n) is 6.50. The molecule has 1 aromatic carbocycles. The van der Waals surface area contributed by atoms with Crippen LogP contribution >= 0.6 is 23.4 Å². The first-order valence-corrected chi connectivity index (χ1v) is 7.76. The molecule has 0 saturated carbocycles. The number of aromatic nitrogens is 2. The van der Waals surface area contributed by atoms with Crippen LogP contribution in [0.25, 0.3) is 0 Å². The third-order valence-corrected chi connectivity index (χ3v) is 4.38. The number of anilines is 1. The van der Waals surface area contributed by atoms with Crippen molar-refractivity contribution in [1.29, 1.82) is 0 Å². The average molecular weight is 364 g/mol. The molecule has 0 aliphatic heterocycles. The average Bonchev–Trinajstić information content (AvgIpc) is 2.85. The van der Waals surface area contributed by atoms with E-state index in [-0.39, 0.29) is 10.7 Å². The third-order valence-electron chi connectivity index (χ3n) is 2.97. The molecule has 0 radical (unpaired) electrons. The van der Waals surface area contributed by atoms with Crippen LogP contribution in [0.1, 0.15) is 12.5 Å². The maximum atomic E-state index is 13.0. The Kier molecular flexibility index (Phi) is 5.26. The summed E-state index contributed by atoms with van der Waals surface area (Å²) in [5.74, 6) is -0.550. The molecule has 1 amide bonds. The van der Waals surface area contributed by atoms with Crippen LogP contribution in [-0.2, 0) is 18.0 Å². The Morgan fingerprint density at radius 1 is 1.43 bits per heavy atom. The number of carbonyl (C=O) groups is 1. The molecule has 9 heteroatoms. The maximum Gasteiger partial charge on any atom is 0.418 e. The first kappa shape index (κ1) is 17.7. The van der Waals surface area contributed by atoms with E-state index in [1.54, 1.807) is 30.9 Å². The molecule has 0 spiro atoms. The molecule has 0 bridgehead atoms. The molecular formula is C14H13ClF3N3OS. The van der Waals surface area contributed by atoms with Gasteiger partial charge in [0.1, 0.15) is 0 Å². The Morgan fingerprint density at radius 2 is 2.13 bits per heavy atom. The second kappa shape index (κ2) is 6.84. The minimum Gasteiger partial charge on any atom is -0.329 e. The van der Waals surface area contributed by atoms with Crippen LogP contribution in [0.4, 0.5) is 18.9 Å². The first-order chi connectivity index (χ1) is 10.7. The summed E-state index contributed by atoms with van der Waals surface area (Å²) in [6.45, 7) is 1.60. The summed E-state index contributed by atoms with van der Waals surface area (Å²) in [4.78, 5) is 16.2. The quantitative estimate of drug-likeness (QED) is 0.828. The number of imidazole rings is 1. The summed E-state index contributed by atoms with van der Waals surface area (Å²) in [5.41, 5.74) is -1.30. The van der Waals surface area contributed by atoms with Crippen molar-refractivity contribution < 1.29 is 18.0 Å². The van der Waals surface area contributed by atoms with Crippen molar-refractivity contribution in [2.75, 3.05) is 5.32 Å². The van der Waals surface area contributed by atoms with Crippen molar-refractivity contribution in [1.82, 2.24) is 9.55 Å². The lowest BCUT2D eigenvalue weighted by Crippen LogP contribution is -2.24. The molecule has 1 unspecified atom stereocenters. The normalized spacial score (nSPS) is 13.0. The minimum atomic E-state index is -4.61. The molecule has 124 valence electrons. The summed E-state index contributed by atoms with van der Waals surface area (Å²) in [7, 11) is 1.76.